The number of ether oxygens (including phenoxy) is 2. The van der Waals surface area contributed by atoms with E-state index in [0.29, 0.717) is 5.76 Å². The van der Waals surface area contributed by atoms with Crippen molar-refractivity contribution in [2.75, 3.05) is 12.4 Å². The average Bonchev–Trinajstić information content (AvgIpc) is 2.92. The molecule has 0 saturated heterocycles. The van der Waals surface area contributed by atoms with E-state index in [2.05, 4.69) is 10.5 Å². The summed E-state index contributed by atoms with van der Waals surface area (Å²) in [7, 11) is 1.40. The maximum absolute atomic E-state index is 12.1. The third kappa shape index (κ3) is 3.96. The van der Waals surface area contributed by atoms with E-state index in [9.17, 15) is 14.9 Å². The maximum Gasteiger partial charge on any atom is 0.273 e. The summed E-state index contributed by atoms with van der Waals surface area (Å²) < 4.78 is 15.4. The molecule has 9 nitrogen and oxygen atoms in total. The van der Waals surface area contributed by atoms with E-state index in [1.165, 1.54) is 32.2 Å². The molecular formula is C14H15N3O6. The van der Waals surface area contributed by atoms with E-state index in [4.69, 9.17) is 14.0 Å². The van der Waals surface area contributed by atoms with Crippen LogP contribution in [-0.2, 0) is 4.79 Å². The highest BCUT2D eigenvalue weighted by Crippen LogP contribution is 2.32. The number of carbonyl (C=O) groups is 1. The zero-order valence-electron chi connectivity index (χ0n) is 12.7. The number of methoxy groups -OCH3 is 1. The first kappa shape index (κ1) is 16.3. The molecule has 0 aliphatic carbocycles. The van der Waals surface area contributed by atoms with E-state index >= 15 is 0 Å². The van der Waals surface area contributed by atoms with Gasteiger partial charge in [-0.15, -0.1) is 0 Å². The number of amides is 1. The van der Waals surface area contributed by atoms with Crippen molar-refractivity contribution in [2.24, 2.45) is 0 Å². The minimum Gasteiger partial charge on any atom is -0.493 e. The summed E-state index contributed by atoms with van der Waals surface area (Å²) >= 11 is 0. The number of nitrogens with zero attached hydrogens (tertiary/aromatic N) is 2. The van der Waals surface area contributed by atoms with Gasteiger partial charge in [0.25, 0.3) is 11.6 Å². The van der Waals surface area contributed by atoms with E-state index in [1.54, 1.807) is 13.0 Å². The van der Waals surface area contributed by atoms with Crippen LogP contribution in [0.15, 0.2) is 28.8 Å². The van der Waals surface area contributed by atoms with Crippen LogP contribution in [0.2, 0.25) is 0 Å². The first-order valence-corrected chi connectivity index (χ1v) is 6.64. The van der Waals surface area contributed by atoms with Crippen molar-refractivity contribution in [1.82, 2.24) is 5.16 Å². The SMILES string of the molecule is COc1ccc([N+](=O)[O-])cc1OC(C)C(=O)Nc1cc(C)on1. The molecule has 1 heterocycles. The molecule has 9 heteroatoms. The summed E-state index contributed by atoms with van der Waals surface area (Å²) in [6, 6.07) is 5.44. The monoisotopic (exact) mass is 321 g/mol. The Bertz CT molecular complexity index is 727. The first-order valence-electron chi connectivity index (χ1n) is 6.64. The highest BCUT2D eigenvalue weighted by atomic mass is 16.6. The zero-order chi connectivity index (χ0) is 17.0. The molecule has 0 bridgehead atoms. The summed E-state index contributed by atoms with van der Waals surface area (Å²) in [5.74, 6) is 0.711. The van der Waals surface area contributed by atoms with Crippen LogP contribution in [0.3, 0.4) is 0 Å². The lowest BCUT2D eigenvalue weighted by Gasteiger charge is -2.15. The quantitative estimate of drug-likeness (QED) is 0.640. The van der Waals surface area contributed by atoms with Crippen LogP contribution in [0.4, 0.5) is 11.5 Å². The molecule has 1 aromatic carbocycles. The molecule has 1 amide bonds. The van der Waals surface area contributed by atoms with Crippen molar-refractivity contribution in [3.05, 3.63) is 40.1 Å². The minimum atomic E-state index is -0.928. The van der Waals surface area contributed by atoms with Crippen LogP contribution >= 0.6 is 0 Å². The van der Waals surface area contributed by atoms with Crippen LogP contribution in [0.25, 0.3) is 0 Å². The summed E-state index contributed by atoms with van der Waals surface area (Å²) in [5, 5.41) is 17.0. The summed E-state index contributed by atoms with van der Waals surface area (Å²) in [4.78, 5) is 22.3. The maximum atomic E-state index is 12.1. The molecule has 0 saturated carbocycles. The summed E-state index contributed by atoms with van der Waals surface area (Å²) in [6.45, 7) is 3.19. The van der Waals surface area contributed by atoms with E-state index in [-0.39, 0.29) is 23.0 Å². The van der Waals surface area contributed by atoms with Crippen LogP contribution in [0, 0.1) is 17.0 Å². The van der Waals surface area contributed by atoms with Crippen LogP contribution < -0.4 is 14.8 Å². The highest BCUT2D eigenvalue weighted by molar-refractivity contribution is 5.93. The number of non-ortho nitro benzene ring substituents is 1. The predicted molar refractivity (Wildman–Crippen MR) is 79.6 cm³/mol. The topological polar surface area (TPSA) is 117 Å². The number of aryl methyl sites for hydroxylation is 1. The lowest BCUT2D eigenvalue weighted by molar-refractivity contribution is -0.385. The fourth-order valence-corrected chi connectivity index (χ4v) is 1.77. The third-order valence-electron chi connectivity index (χ3n) is 2.91. The summed E-state index contributed by atoms with van der Waals surface area (Å²) in [5.41, 5.74) is -0.166. The Hall–Kier alpha value is -3.10. The molecule has 1 atom stereocenters. The van der Waals surface area contributed by atoms with Crippen molar-refractivity contribution in [3.8, 4) is 11.5 Å². The van der Waals surface area contributed by atoms with Crippen molar-refractivity contribution < 1.29 is 23.7 Å². The van der Waals surface area contributed by atoms with Crippen molar-refractivity contribution in [1.29, 1.82) is 0 Å². The molecule has 0 radical (unpaired) electrons. The molecule has 0 fully saturated rings. The minimum absolute atomic E-state index is 0.0979. The highest BCUT2D eigenvalue weighted by Gasteiger charge is 2.20. The number of nitro benzene ring substituents is 1. The Labute approximate surface area is 131 Å². The fraction of sp³-hybridized carbons (Fsp3) is 0.286. The molecule has 122 valence electrons. The van der Waals surface area contributed by atoms with E-state index in [1.807, 2.05) is 0 Å². The van der Waals surface area contributed by atoms with Crippen molar-refractivity contribution in [3.63, 3.8) is 0 Å². The number of aromatic nitrogens is 1. The van der Waals surface area contributed by atoms with E-state index < -0.39 is 16.9 Å². The molecule has 1 unspecified atom stereocenters. The molecule has 23 heavy (non-hydrogen) atoms. The fourth-order valence-electron chi connectivity index (χ4n) is 1.77. The molecule has 2 aromatic rings. The molecule has 1 aromatic heterocycles. The van der Waals surface area contributed by atoms with Gasteiger partial charge in [-0.2, -0.15) is 0 Å². The third-order valence-corrected chi connectivity index (χ3v) is 2.91. The number of rotatable bonds is 6. The first-order chi connectivity index (χ1) is 10.9. The Morgan fingerprint density at radius 3 is 2.70 bits per heavy atom. The average molecular weight is 321 g/mol. The number of benzene rings is 1. The number of hydrogen-bond donors (Lipinski definition) is 1. The van der Waals surface area contributed by atoms with Gasteiger partial charge >= 0.3 is 0 Å². The molecular weight excluding hydrogens is 306 g/mol. The summed E-state index contributed by atoms with van der Waals surface area (Å²) in [6.07, 6.45) is -0.928. The van der Waals surface area contributed by atoms with Gasteiger partial charge in [-0.25, -0.2) is 0 Å². The number of hydrogen-bond acceptors (Lipinski definition) is 7. The van der Waals surface area contributed by atoms with Gasteiger partial charge in [0.15, 0.2) is 23.4 Å². The van der Waals surface area contributed by atoms with Crippen LogP contribution in [0.5, 0.6) is 11.5 Å². The second kappa shape index (κ2) is 6.77. The van der Waals surface area contributed by atoms with Gasteiger partial charge in [-0.3, -0.25) is 14.9 Å². The van der Waals surface area contributed by atoms with Crippen molar-refractivity contribution >= 4 is 17.4 Å². The van der Waals surface area contributed by atoms with E-state index in [0.717, 1.165) is 0 Å². The van der Waals surface area contributed by atoms with Gasteiger partial charge in [-0.05, 0) is 19.9 Å². The van der Waals surface area contributed by atoms with Gasteiger partial charge in [0, 0.05) is 12.1 Å². The van der Waals surface area contributed by atoms with Gasteiger partial charge in [0.05, 0.1) is 18.1 Å². The molecule has 0 aliphatic rings. The number of anilines is 1. The Morgan fingerprint density at radius 1 is 1.39 bits per heavy atom. The molecule has 0 aliphatic heterocycles. The van der Waals surface area contributed by atoms with Gasteiger partial charge < -0.3 is 19.3 Å². The smallest absolute Gasteiger partial charge is 0.273 e. The van der Waals surface area contributed by atoms with Crippen molar-refractivity contribution in [2.45, 2.75) is 20.0 Å². The molecule has 1 N–H and O–H groups in total. The van der Waals surface area contributed by atoms with Crippen LogP contribution in [0.1, 0.15) is 12.7 Å². The Balaban J connectivity index is 2.12. The Kier molecular flexibility index (Phi) is 4.79. The lowest BCUT2D eigenvalue weighted by Crippen LogP contribution is -2.30. The predicted octanol–water partition coefficient (Wildman–Crippen LogP) is 2.31. The number of carbonyl (C=O) groups excluding carboxylic acids is 1. The van der Waals surface area contributed by atoms with Gasteiger partial charge in [0.2, 0.25) is 0 Å². The zero-order valence-corrected chi connectivity index (χ0v) is 12.7. The molecule has 0 spiro atoms. The van der Waals surface area contributed by atoms with Gasteiger partial charge in [-0.1, -0.05) is 5.16 Å². The number of nitro groups is 1. The second-order valence-electron chi connectivity index (χ2n) is 4.66. The standard InChI is InChI=1S/C14H15N3O6/c1-8-6-13(16-23-8)15-14(18)9(2)22-12-7-10(17(19)20)4-5-11(12)21-3/h4-7,9H,1-3H3,(H,15,16,18). The second-order valence-corrected chi connectivity index (χ2v) is 4.66. The largest absolute Gasteiger partial charge is 0.493 e. The van der Waals surface area contributed by atoms with Crippen LogP contribution in [-0.4, -0.2) is 29.2 Å². The Morgan fingerprint density at radius 2 is 2.13 bits per heavy atom. The number of nitrogens with one attached hydrogen (secondary N) is 1. The normalized spacial score (nSPS) is 11.6. The lowest BCUT2D eigenvalue weighted by atomic mass is 10.2. The van der Waals surface area contributed by atoms with Gasteiger partial charge in [0.1, 0.15) is 5.76 Å². The molecule has 2 rings (SSSR count).